The van der Waals surface area contributed by atoms with Gasteiger partial charge in [0, 0.05) is 69.6 Å². The molecule has 2 atom stereocenters. The summed E-state index contributed by atoms with van der Waals surface area (Å²) in [4.78, 5) is 52.2. The number of hydrogen-bond donors (Lipinski definition) is 2. The summed E-state index contributed by atoms with van der Waals surface area (Å²) in [6.45, 7) is 3.17. The lowest BCUT2D eigenvalue weighted by Crippen LogP contribution is -2.58. The summed E-state index contributed by atoms with van der Waals surface area (Å²) >= 11 is 0. The largest absolute Gasteiger partial charge is 0.496 e. The average Bonchev–Trinajstić information content (AvgIpc) is 3.13. The van der Waals surface area contributed by atoms with Crippen LogP contribution in [0.1, 0.15) is 34.3 Å². The van der Waals surface area contributed by atoms with Gasteiger partial charge in [0.15, 0.2) is 18.1 Å². The molecule has 0 saturated carbocycles. The third kappa shape index (κ3) is 7.88. The van der Waals surface area contributed by atoms with Crippen LogP contribution in [0.4, 0.5) is 5.95 Å². The first kappa shape index (κ1) is 32.8. The Morgan fingerprint density at radius 2 is 1.73 bits per heavy atom. The maximum Gasteiger partial charge on any atom is 0.258 e. The number of aromatic nitrogens is 2. The minimum Gasteiger partial charge on any atom is -0.496 e. The molecule has 0 radical (unpaired) electrons. The molecule has 0 spiro atoms. The van der Waals surface area contributed by atoms with Crippen molar-refractivity contribution in [1.29, 1.82) is 0 Å². The van der Waals surface area contributed by atoms with Crippen LogP contribution in [-0.4, -0.2) is 105 Å². The van der Waals surface area contributed by atoms with Crippen LogP contribution in [0.3, 0.4) is 0 Å². The number of likely N-dealkylation sites (tertiary alicyclic amines) is 1. The van der Waals surface area contributed by atoms with Crippen LogP contribution in [0.5, 0.6) is 23.0 Å². The third-order valence-corrected chi connectivity index (χ3v) is 8.61. The van der Waals surface area contributed by atoms with Crippen LogP contribution < -0.4 is 34.5 Å². The molecule has 3 amide bonds. The highest BCUT2D eigenvalue weighted by molar-refractivity contribution is 5.94. The zero-order valence-electron chi connectivity index (χ0n) is 27.1. The summed E-state index contributed by atoms with van der Waals surface area (Å²) in [7, 11) is 3.08. The molecule has 4 aliphatic heterocycles. The van der Waals surface area contributed by atoms with Crippen molar-refractivity contribution < 1.29 is 38.1 Å². The van der Waals surface area contributed by atoms with Gasteiger partial charge in [0.25, 0.3) is 11.8 Å². The quantitative estimate of drug-likeness (QED) is 0.421. The Morgan fingerprint density at radius 3 is 2.50 bits per heavy atom. The van der Waals surface area contributed by atoms with E-state index >= 15 is 0 Å². The van der Waals surface area contributed by atoms with Crippen molar-refractivity contribution in [3.63, 3.8) is 0 Å². The van der Waals surface area contributed by atoms with Gasteiger partial charge in [-0.15, -0.1) is 0 Å². The molecule has 0 aliphatic carbocycles. The number of anilines is 1. The number of piperidine rings is 1. The van der Waals surface area contributed by atoms with Crippen LogP contribution >= 0.6 is 0 Å². The monoisotopic (exact) mass is 660 g/mol. The Bertz CT molecular complexity index is 1610. The molecule has 4 bridgehead atoms. The normalized spacial score (nSPS) is 20.5. The minimum absolute atomic E-state index is 0.114. The van der Waals surface area contributed by atoms with Crippen LogP contribution in [0.25, 0.3) is 0 Å². The summed E-state index contributed by atoms with van der Waals surface area (Å²) in [6, 6.07) is 10.2. The standard InChI is InChI=1S/C34H40N6O8/c1-44-28-7-3-22-4-8-31(41)35-17-23-5-6-25(16-29(23)45-2)48-27-9-10-40(20-26(27)38-32(42)21-47-30(28)15-22)33(43)24-18-36-34(37-19-24)39-11-13-46-14-12-39/h3,5-7,15-16,18-19,26-27H,4,8-14,17,20-21H2,1-2H3,(H,35,41)(H,38,42)/t26-,27+/m1/s1. The summed E-state index contributed by atoms with van der Waals surface area (Å²) in [6.07, 6.45) is 3.79. The molecule has 14 nitrogen and oxygen atoms in total. The van der Waals surface area contributed by atoms with Gasteiger partial charge in [-0.1, -0.05) is 6.07 Å². The van der Waals surface area contributed by atoms with E-state index in [4.69, 9.17) is 23.7 Å². The van der Waals surface area contributed by atoms with E-state index in [1.54, 1.807) is 42.6 Å². The first-order chi connectivity index (χ1) is 23.4. The molecule has 2 saturated heterocycles. The van der Waals surface area contributed by atoms with Gasteiger partial charge < -0.3 is 44.1 Å². The first-order valence-electron chi connectivity index (χ1n) is 16.0. The van der Waals surface area contributed by atoms with Crippen molar-refractivity contribution in [2.45, 2.75) is 38.0 Å². The van der Waals surface area contributed by atoms with Gasteiger partial charge in [0.2, 0.25) is 11.9 Å². The minimum atomic E-state index is -0.562. The maximum absolute atomic E-state index is 13.6. The Balaban J connectivity index is 1.22. The van der Waals surface area contributed by atoms with Gasteiger partial charge in [0.05, 0.1) is 39.0 Å². The molecule has 48 heavy (non-hydrogen) atoms. The summed E-state index contributed by atoms with van der Waals surface area (Å²) in [5, 5.41) is 5.99. The smallest absolute Gasteiger partial charge is 0.258 e. The van der Waals surface area contributed by atoms with Crippen molar-refractivity contribution >= 4 is 23.7 Å². The fourth-order valence-electron chi connectivity index (χ4n) is 5.98. The van der Waals surface area contributed by atoms with Gasteiger partial charge in [-0.05, 0) is 36.2 Å². The molecule has 7 rings (SSSR count). The second kappa shape index (κ2) is 15.2. The topological polar surface area (TPSA) is 154 Å². The van der Waals surface area contributed by atoms with Crippen LogP contribution in [0, 0.1) is 0 Å². The molecule has 5 heterocycles. The molecule has 2 N–H and O–H groups in total. The maximum atomic E-state index is 13.6. The van der Waals surface area contributed by atoms with E-state index in [-0.39, 0.29) is 37.9 Å². The average molecular weight is 661 g/mol. The number of nitrogens with one attached hydrogen (secondary N) is 2. The Morgan fingerprint density at radius 1 is 0.938 bits per heavy atom. The van der Waals surface area contributed by atoms with Gasteiger partial charge in [-0.25, -0.2) is 9.97 Å². The summed E-state index contributed by atoms with van der Waals surface area (Å²) < 4.78 is 28.8. The highest BCUT2D eigenvalue weighted by atomic mass is 16.5. The Labute approximate surface area is 278 Å². The number of carbonyl (C=O) groups excluding carboxylic acids is 3. The number of methoxy groups -OCH3 is 2. The van der Waals surface area contributed by atoms with Crippen molar-refractivity contribution in [2.75, 3.05) is 65.1 Å². The second-order valence-electron chi connectivity index (χ2n) is 11.8. The second-order valence-corrected chi connectivity index (χ2v) is 11.8. The molecule has 0 unspecified atom stereocenters. The number of carbonyl (C=O) groups is 3. The van der Waals surface area contributed by atoms with E-state index < -0.39 is 18.1 Å². The molecule has 1 aromatic heterocycles. The Hall–Kier alpha value is -5.11. The van der Waals surface area contributed by atoms with Crippen LogP contribution in [0.2, 0.25) is 0 Å². The number of hydrogen-bond acceptors (Lipinski definition) is 11. The van der Waals surface area contributed by atoms with Gasteiger partial charge in [-0.2, -0.15) is 0 Å². The van der Waals surface area contributed by atoms with E-state index in [1.165, 1.54) is 7.11 Å². The number of morpholine rings is 1. The van der Waals surface area contributed by atoms with Crippen molar-refractivity contribution in [1.82, 2.24) is 25.5 Å². The number of nitrogens with zero attached hydrogens (tertiary/aromatic N) is 4. The predicted molar refractivity (Wildman–Crippen MR) is 174 cm³/mol. The molecule has 4 aliphatic rings. The zero-order chi connectivity index (χ0) is 33.5. The molecule has 14 heteroatoms. The number of benzene rings is 2. The van der Waals surface area contributed by atoms with E-state index in [1.807, 2.05) is 23.1 Å². The van der Waals surface area contributed by atoms with Gasteiger partial charge >= 0.3 is 0 Å². The first-order valence-corrected chi connectivity index (χ1v) is 16.0. The van der Waals surface area contributed by atoms with Crippen LogP contribution in [-0.2, 0) is 27.3 Å². The molecule has 2 aromatic carbocycles. The fraction of sp³-hybridized carbons (Fsp3) is 0.441. The van der Waals surface area contributed by atoms with E-state index in [2.05, 4.69) is 20.6 Å². The fourth-order valence-corrected chi connectivity index (χ4v) is 5.98. The highest BCUT2D eigenvalue weighted by Crippen LogP contribution is 2.30. The number of amides is 3. The summed E-state index contributed by atoms with van der Waals surface area (Å²) in [5.74, 6) is 1.76. The lowest BCUT2D eigenvalue weighted by Gasteiger charge is -2.39. The molecule has 3 aromatic rings. The SMILES string of the molecule is COc1cc2ccc1CNC(=O)CCc1ccc(OC)c(c1)OCC(=O)N[C@@H]1CN(C(=O)c3cnc(N4CCOCC4)nc3)CC[C@@H]1O2. The lowest BCUT2D eigenvalue weighted by atomic mass is 10.0. The lowest BCUT2D eigenvalue weighted by molar-refractivity contribution is -0.125. The summed E-state index contributed by atoms with van der Waals surface area (Å²) in [5.41, 5.74) is 2.01. The van der Waals surface area contributed by atoms with Crippen molar-refractivity contribution in [2.24, 2.45) is 0 Å². The van der Waals surface area contributed by atoms with Gasteiger partial charge in [0.1, 0.15) is 17.6 Å². The van der Waals surface area contributed by atoms with Crippen molar-refractivity contribution in [3.05, 3.63) is 65.5 Å². The van der Waals surface area contributed by atoms with E-state index in [0.29, 0.717) is 80.2 Å². The van der Waals surface area contributed by atoms with E-state index in [0.717, 1.165) is 11.1 Å². The van der Waals surface area contributed by atoms with E-state index in [9.17, 15) is 14.4 Å². The van der Waals surface area contributed by atoms with Crippen LogP contribution in [0.15, 0.2) is 48.8 Å². The molecule has 2 fully saturated rings. The number of aryl methyl sites for hydroxylation is 1. The predicted octanol–water partition coefficient (Wildman–Crippen LogP) is 1.75. The number of ether oxygens (including phenoxy) is 5. The third-order valence-electron chi connectivity index (χ3n) is 8.61. The molecular formula is C34H40N6O8. The number of fused-ring (bicyclic) bond motifs is 9. The number of rotatable bonds is 4. The molecular weight excluding hydrogens is 620 g/mol. The van der Waals surface area contributed by atoms with Crippen molar-refractivity contribution in [3.8, 4) is 23.0 Å². The zero-order valence-corrected chi connectivity index (χ0v) is 27.1. The highest BCUT2D eigenvalue weighted by Gasteiger charge is 2.35. The molecule has 254 valence electrons. The van der Waals surface area contributed by atoms with Gasteiger partial charge in [-0.3, -0.25) is 14.4 Å². The Kier molecular flexibility index (Phi) is 10.4.